The minimum Gasteiger partial charge on any atom is -0.497 e. The highest BCUT2D eigenvalue weighted by Gasteiger charge is 2.34. The highest BCUT2D eigenvalue weighted by Crippen LogP contribution is 2.27. The normalized spacial score (nSPS) is 16.8. The molecule has 2 heterocycles. The first-order chi connectivity index (χ1) is 11.9. The van der Waals surface area contributed by atoms with Crippen LogP contribution in [0, 0.1) is 13.8 Å². The number of piperidine rings is 1. The predicted molar refractivity (Wildman–Crippen MR) is 91.4 cm³/mol. The Morgan fingerprint density at radius 2 is 1.72 bits per heavy atom. The molecular formula is C17H22N2O5S. The highest BCUT2D eigenvalue weighted by molar-refractivity contribution is 7.89. The van der Waals surface area contributed by atoms with Crippen molar-refractivity contribution in [2.24, 2.45) is 0 Å². The summed E-state index contributed by atoms with van der Waals surface area (Å²) in [5, 5.41) is 3.75. The molecule has 0 bridgehead atoms. The molecule has 7 nitrogen and oxygen atoms in total. The lowest BCUT2D eigenvalue weighted by atomic mass is 10.1. The molecular weight excluding hydrogens is 344 g/mol. The van der Waals surface area contributed by atoms with Gasteiger partial charge in [-0.3, -0.25) is 0 Å². The van der Waals surface area contributed by atoms with Crippen LogP contribution in [0.1, 0.15) is 24.3 Å². The molecule has 25 heavy (non-hydrogen) atoms. The molecule has 1 aromatic heterocycles. The second-order valence-corrected chi connectivity index (χ2v) is 7.92. The molecule has 8 heteroatoms. The number of hydrogen-bond acceptors (Lipinski definition) is 6. The van der Waals surface area contributed by atoms with Crippen LogP contribution in [0.5, 0.6) is 11.5 Å². The van der Waals surface area contributed by atoms with Crippen molar-refractivity contribution in [3.63, 3.8) is 0 Å². The molecule has 0 aliphatic carbocycles. The van der Waals surface area contributed by atoms with E-state index in [1.807, 2.05) is 24.3 Å². The molecule has 0 atom stereocenters. The van der Waals surface area contributed by atoms with Gasteiger partial charge < -0.3 is 14.0 Å². The third kappa shape index (κ3) is 3.64. The molecule has 2 aromatic rings. The average molecular weight is 366 g/mol. The van der Waals surface area contributed by atoms with E-state index in [1.54, 1.807) is 21.0 Å². The first-order valence-electron chi connectivity index (χ1n) is 8.15. The Labute approximate surface area is 147 Å². The Morgan fingerprint density at radius 1 is 1.12 bits per heavy atom. The van der Waals surface area contributed by atoms with Crippen LogP contribution in [-0.2, 0) is 10.0 Å². The Morgan fingerprint density at radius 3 is 2.24 bits per heavy atom. The smallest absolute Gasteiger partial charge is 0.248 e. The Hall–Kier alpha value is -2.06. The van der Waals surface area contributed by atoms with Crippen LogP contribution < -0.4 is 9.47 Å². The van der Waals surface area contributed by atoms with Crippen LogP contribution in [0.2, 0.25) is 0 Å². The number of hydrogen-bond donors (Lipinski definition) is 0. The number of methoxy groups -OCH3 is 1. The van der Waals surface area contributed by atoms with Gasteiger partial charge in [-0.2, -0.15) is 4.31 Å². The Kier molecular flexibility index (Phi) is 5.01. The van der Waals surface area contributed by atoms with Gasteiger partial charge in [0.05, 0.1) is 7.11 Å². The maximum absolute atomic E-state index is 12.8. The van der Waals surface area contributed by atoms with Crippen LogP contribution in [0.3, 0.4) is 0 Å². The van der Waals surface area contributed by atoms with Gasteiger partial charge in [0.1, 0.15) is 28.2 Å². The van der Waals surface area contributed by atoms with Gasteiger partial charge in [0.15, 0.2) is 5.76 Å². The maximum atomic E-state index is 12.8. The quantitative estimate of drug-likeness (QED) is 0.809. The summed E-state index contributed by atoms with van der Waals surface area (Å²) in [6, 6.07) is 7.39. The van der Waals surface area contributed by atoms with Crippen molar-refractivity contribution in [2.75, 3.05) is 20.2 Å². The van der Waals surface area contributed by atoms with E-state index in [2.05, 4.69) is 5.16 Å². The molecule has 3 rings (SSSR count). The third-order valence-electron chi connectivity index (χ3n) is 4.33. The first-order valence-corrected chi connectivity index (χ1v) is 9.59. The first kappa shape index (κ1) is 17.8. The molecule has 0 radical (unpaired) electrons. The van der Waals surface area contributed by atoms with Crippen molar-refractivity contribution in [3.05, 3.63) is 35.7 Å². The van der Waals surface area contributed by atoms with E-state index in [0.29, 0.717) is 37.4 Å². The molecule has 1 aliphatic heterocycles. The van der Waals surface area contributed by atoms with Gasteiger partial charge in [0, 0.05) is 13.1 Å². The number of sulfonamides is 1. The van der Waals surface area contributed by atoms with E-state index < -0.39 is 10.0 Å². The van der Waals surface area contributed by atoms with E-state index in [9.17, 15) is 8.42 Å². The van der Waals surface area contributed by atoms with E-state index in [0.717, 1.165) is 11.5 Å². The van der Waals surface area contributed by atoms with E-state index in [1.165, 1.54) is 4.31 Å². The molecule has 1 aromatic carbocycles. The second kappa shape index (κ2) is 7.05. The van der Waals surface area contributed by atoms with Gasteiger partial charge in [-0.25, -0.2) is 8.42 Å². The van der Waals surface area contributed by atoms with Crippen LogP contribution >= 0.6 is 0 Å². The summed E-state index contributed by atoms with van der Waals surface area (Å²) >= 11 is 0. The van der Waals surface area contributed by atoms with Crippen LogP contribution in [-0.4, -0.2) is 44.2 Å². The van der Waals surface area contributed by atoms with Crippen LogP contribution in [0.25, 0.3) is 0 Å². The number of aromatic nitrogens is 1. The number of rotatable bonds is 5. The molecule has 1 saturated heterocycles. The van der Waals surface area contributed by atoms with Crippen molar-refractivity contribution in [3.8, 4) is 11.5 Å². The summed E-state index contributed by atoms with van der Waals surface area (Å²) in [6.07, 6.45) is 1.26. The third-order valence-corrected chi connectivity index (χ3v) is 6.47. The standard InChI is InChI=1S/C17H22N2O5S/c1-12-17(13(2)24-18-12)25(20,21)19-10-8-16(9-11-19)23-15-6-4-14(22-3)5-7-15/h4-7,16H,8-11H2,1-3H3. The number of nitrogens with zero attached hydrogens (tertiary/aromatic N) is 2. The largest absolute Gasteiger partial charge is 0.497 e. The fourth-order valence-electron chi connectivity index (χ4n) is 3.01. The van der Waals surface area contributed by atoms with Crippen molar-refractivity contribution in [1.29, 1.82) is 0 Å². The SMILES string of the molecule is COc1ccc(OC2CCN(S(=O)(=O)c3c(C)noc3C)CC2)cc1. The van der Waals surface area contributed by atoms with Gasteiger partial charge in [-0.05, 0) is 51.0 Å². The number of ether oxygens (including phenoxy) is 2. The highest BCUT2D eigenvalue weighted by atomic mass is 32.2. The lowest BCUT2D eigenvalue weighted by Crippen LogP contribution is -2.42. The lowest BCUT2D eigenvalue weighted by Gasteiger charge is -2.31. The second-order valence-electron chi connectivity index (χ2n) is 6.05. The molecule has 0 N–H and O–H groups in total. The van der Waals surface area contributed by atoms with Gasteiger partial charge in [0.2, 0.25) is 10.0 Å². The lowest BCUT2D eigenvalue weighted by molar-refractivity contribution is 0.135. The maximum Gasteiger partial charge on any atom is 0.248 e. The molecule has 0 spiro atoms. The van der Waals surface area contributed by atoms with Crippen molar-refractivity contribution in [2.45, 2.75) is 37.7 Å². The van der Waals surface area contributed by atoms with Gasteiger partial charge in [0.25, 0.3) is 0 Å². The summed E-state index contributed by atoms with van der Waals surface area (Å²) in [6.45, 7) is 4.08. The minimum atomic E-state index is -3.58. The molecule has 1 fully saturated rings. The number of aryl methyl sites for hydroxylation is 2. The van der Waals surface area contributed by atoms with Crippen LogP contribution in [0.4, 0.5) is 0 Å². The summed E-state index contributed by atoms with van der Waals surface area (Å²) < 4.78 is 43.1. The van der Waals surface area contributed by atoms with Crippen LogP contribution in [0.15, 0.2) is 33.7 Å². The summed E-state index contributed by atoms with van der Waals surface area (Å²) in [5.41, 5.74) is 0.397. The van der Waals surface area contributed by atoms with Crippen molar-refractivity contribution in [1.82, 2.24) is 9.46 Å². The molecule has 1 aliphatic rings. The zero-order valence-electron chi connectivity index (χ0n) is 14.6. The summed E-state index contributed by atoms with van der Waals surface area (Å²) in [4.78, 5) is 0.182. The minimum absolute atomic E-state index is 0.00971. The molecule has 0 saturated carbocycles. The topological polar surface area (TPSA) is 81.9 Å². The van der Waals surface area contributed by atoms with E-state index in [4.69, 9.17) is 14.0 Å². The molecule has 0 amide bonds. The monoisotopic (exact) mass is 366 g/mol. The zero-order valence-corrected chi connectivity index (χ0v) is 15.4. The average Bonchev–Trinajstić information content (AvgIpc) is 2.95. The molecule has 0 unspecified atom stereocenters. The number of benzene rings is 1. The Bertz CT molecular complexity index is 802. The van der Waals surface area contributed by atoms with Crippen molar-refractivity contribution < 1.29 is 22.4 Å². The van der Waals surface area contributed by atoms with E-state index in [-0.39, 0.29) is 11.0 Å². The summed E-state index contributed by atoms with van der Waals surface area (Å²) in [5.74, 6) is 1.86. The zero-order chi connectivity index (χ0) is 18.0. The Balaban J connectivity index is 1.63. The summed E-state index contributed by atoms with van der Waals surface area (Å²) in [7, 11) is -1.96. The van der Waals surface area contributed by atoms with Gasteiger partial charge in [-0.15, -0.1) is 0 Å². The van der Waals surface area contributed by atoms with Gasteiger partial charge >= 0.3 is 0 Å². The van der Waals surface area contributed by atoms with Crippen molar-refractivity contribution >= 4 is 10.0 Å². The van der Waals surface area contributed by atoms with E-state index >= 15 is 0 Å². The molecule has 136 valence electrons. The van der Waals surface area contributed by atoms with Gasteiger partial charge in [-0.1, -0.05) is 5.16 Å². The fraction of sp³-hybridized carbons (Fsp3) is 0.471. The fourth-order valence-corrected chi connectivity index (χ4v) is 4.77. The predicted octanol–water partition coefficient (Wildman–Crippen LogP) is 2.53.